The molecule has 0 atom stereocenters. The van der Waals surface area contributed by atoms with Gasteiger partial charge in [0.2, 0.25) is 0 Å². The molecule has 1 fully saturated rings. The molecule has 0 aliphatic heterocycles. The zero-order valence-corrected chi connectivity index (χ0v) is 9.80. The molecule has 1 aromatic rings. The van der Waals surface area contributed by atoms with Gasteiger partial charge in [0.05, 0.1) is 11.7 Å². The van der Waals surface area contributed by atoms with Gasteiger partial charge < -0.3 is 15.7 Å². The minimum absolute atomic E-state index is 0.0939. The predicted molar refractivity (Wildman–Crippen MR) is 66.5 cm³/mol. The lowest BCUT2D eigenvalue weighted by Crippen LogP contribution is -2.22. The van der Waals surface area contributed by atoms with Crippen LogP contribution in [0.25, 0.3) is 0 Å². The standard InChI is InChI=1S/C13H18N2O2/c14-13(15-16)11-8-4-5-9-12(11)17-10-6-2-1-3-7-10/h4-5,8-10,16H,1-3,6-7H2,(H2,14,15). The first kappa shape index (κ1) is 11.8. The average Bonchev–Trinajstić information content (AvgIpc) is 2.40. The van der Waals surface area contributed by atoms with Crippen LogP contribution in [0, 0.1) is 0 Å². The van der Waals surface area contributed by atoms with Gasteiger partial charge in [0.25, 0.3) is 0 Å². The fourth-order valence-electron chi connectivity index (χ4n) is 2.20. The highest BCUT2D eigenvalue weighted by molar-refractivity contribution is 5.99. The van der Waals surface area contributed by atoms with Gasteiger partial charge in [0, 0.05) is 0 Å². The Hall–Kier alpha value is -1.71. The third kappa shape index (κ3) is 2.90. The number of rotatable bonds is 3. The van der Waals surface area contributed by atoms with E-state index in [0.29, 0.717) is 11.3 Å². The van der Waals surface area contributed by atoms with E-state index in [1.165, 1.54) is 19.3 Å². The number of hydrogen-bond acceptors (Lipinski definition) is 3. The van der Waals surface area contributed by atoms with Gasteiger partial charge in [-0.15, -0.1) is 0 Å². The van der Waals surface area contributed by atoms with E-state index in [9.17, 15) is 0 Å². The predicted octanol–water partition coefficient (Wildman–Crippen LogP) is 2.49. The van der Waals surface area contributed by atoms with E-state index in [1.807, 2.05) is 18.2 Å². The molecule has 17 heavy (non-hydrogen) atoms. The summed E-state index contributed by atoms with van der Waals surface area (Å²) >= 11 is 0. The summed E-state index contributed by atoms with van der Waals surface area (Å²) in [7, 11) is 0. The van der Waals surface area contributed by atoms with Crippen molar-refractivity contribution in [1.82, 2.24) is 0 Å². The Labute approximate surface area is 101 Å². The number of amidine groups is 1. The SMILES string of the molecule is N/C(=N\O)c1ccccc1OC1CCCCC1. The molecule has 0 spiro atoms. The van der Waals surface area contributed by atoms with Gasteiger partial charge in [-0.3, -0.25) is 0 Å². The summed E-state index contributed by atoms with van der Waals surface area (Å²) in [5, 5.41) is 11.8. The van der Waals surface area contributed by atoms with Crippen molar-refractivity contribution < 1.29 is 9.94 Å². The second-order valence-electron chi connectivity index (χ2n) is 4.36. The van der Waals surface area contributed by atoms with Crippen molar-refractivity contribution in [1.29, 1.82) is 0 Å². The monoisotopic (exact) mass is 234 g/mol. The van der Waals surface area contributed by atoms with Crippen LogP contribution in [0.4, 0.5) is 0 Å². The molecule has 3 N–H and O–H groups in total. The quantitative estimate of drug-likeness (QED) is 0.365. The molecule has 4 nitrogen and oxygen atoms in total. The number of nitrogens with zero attached hydrogens (tertiary/aromatic N) is 1. The Morgan fingerprint density at radius 2 is 1.94 bits per heavy atom. The first-order chi connectivity index (χ1) is 8.31. The van der Waals surface area contributed by atoms with Crippen molar-refractivity contribution in [2.24, 2.45) is 10.9 Å². The summed E-state index contributed by atoms with van der Waals surface area (Å²) in [5.41, 5.74) is 6.27. The molecule has 1 aromatic carbocycles. The highest BCUT2D eigenvalue weighted by Gasteiger charge is 2.17. The van der Waals surface area contributed by atoms with Gasteiger partial charge in [-0.25, -0.2) is 0 Å². The molecule has 92 valence electrons. The second-order valence-corrected chi connectivity index (χ2v) is 4.36. The Bertz CT molecular complexity index is 398. The summed E-state index contributed by atoms with van der Waals surface area (Å²) in [6.45, 7) is 0. The van der Waals surface area contributed by atoms with Crippen LogP contribution in [0.5, 0.6) is 5.75 Å². The maximum atomic E-state index is 8.73. The molecule has 1 aliphatic carbocycles. The number of hydrogen-bond donors (Lipinski definition) is 2. The first-order valence-corrected chi connectivity index (χ1v) is 6.05. The number of para-hydroxylation sites is 1. The topological polar surface area (TPSA) is 67.8 Å². The summed E-state index contributed by atoms with van der Waals surface area (Å²) < 4.78 is 5.94. The molecule has 0 aromatic heterocycles. The molecule has 0 heterocycles. The maximum absolute atomic E-state index is 8.73. The molecule has 0 radical (unpaired) electrons. The molecule has 4 heteroatoms. The Morgan fingerprint density at radius 1 is 1.24 bits per heavy atom. The molecule has 1 saturated carbocycles. The summed E-state index contributed by atoms with van der Waals surface area (Å²) in [5.74, 6) is 0.797. The van der Waals surface area contributed by atoms with Crippen molar-refractivity contribution in [2.45, 2.75) is 38.2 Å². The fraction of sp³-hybridized carbons (Fsp3) is 0.462. The summed E-state index contributed by atoms with van der Waals surface area (Å²) in [6.07, 6.45) is 6.17. The fourth-order valence-corrected chi connectivity index (χ4v) is 2.20. The van der Waals surface area contributed by atoms with E-state index in [2.05, 4.69) is 5.16 Å². The molecule has 0 bridgehead atoms. The highest BCUT2D eigenvalue weighted by Crippen LogP contribution is 2.25. The lowest BCUT2D eigenvalue weighted by molar-refractivity contribution is 0.154. The largest absolute Gasteiger partial charge is 0.490 e. The van der Waals surface area contributed by atoms with Crippen LogP contribution in [-0.2, 0) is 0 Å². The number of nitrogens with two attached hydrogens (primary N) is 1. The van der Waals surface area contributed by atoms with Crippen LogP contribution < -0.4 is 10.5 Å². The van der Waals surface area contributed by atoms with Gasteiger partial charge in [0.1, 0.15) is 5.75 Å². The third-order valence-electron chi connectivity index (χ3n) is 3.12. The third-order valence-corrected chi connectivity index (χ3v) is 3.12. The van der Waals surface area contributed by atoms with Crippen molar-refractivity contribution in [3.63, 3.8) is 0 Å². The molecule has 1 aliphatic rings. The smallest absolute Gasteiger partial charge is 0.173 e. The molecule has 2 rings (SSSR count). The number of ether oxygens (including phenoxy) is 1. The van der Waals surface area contributed by atoms with Crippen molar-refractivity contribution in [3.8, 4) is 5.75 Å². The Morgan fingerprint density at radius 3 is 2.65 bits per heavy atom. The molecule has 0 unspecified atom stereocenters. The normalized spacial score (nSPS) is 18.0. The van der Waals surface area contributed by atoms with E-state index in [1.54, 1.807) is 6.07 Å². The summed E-state index contributed by atoms with van der Waals surface area (Å²) in [6, 6.07) is 7.41. The van der Waals surface area contributed by atoms with Crippen molar-refractivity contribution in [2.75, 3.05) is 0 Å². The highest BCUT2D eigenvalue weighted by atomic mass is 16.5. The molecule has 0 saturated heterocycles. The van der Waals surface area contributed by atoms with Crippen LogP contribution in [0.2, 0.25) is 0 Å². The van der Waals surface area contributed by atoms with Crippen LogP contribution in [-0.4, -0.2) is 17.1 Å². The number of benzene rings is 1. The van der Waals surface area contributed by atoms with E-state index in [0.717, 1.165) is 12.8 Å². The van der Waals surface area contributed by atoms with E-state index < -0.39 is 0 Å². The maximum Gasteiger partial charge on any atom is 0.173 e. The molecular formula is C13H18N2O2. The van der Waals surface area contributed by atoms with Gasteiger partial charge in [-0.1, -0.05) is 23.7 Å². The van der Waals surface area contributed by atoms with Gasteiger partial charge >= 0.3 is 0 Å². The lowest BCUT2D eigenvalue weighted by Gasteiger charge is -2.24. The first-order valence-electron chi connectivity index (χ1n) is 6.05. The van der Waals surface area contributed by atoms with Gasteiger partial charge in [-0.05, 0) is 37.8 Å². The van der Waals surface area contributed by atoms with Crippen LogP contribution in [0.15, 0.2) is 29.4 Å². The van der Waals surface area contributed by atoms with E-state index in [-0.39, 0.29) is 11.9 Å². The zero-order chi connectivity index (χ0) is 12.1. The second kappa shape index (κ2) is 5.57. The van der Waals surface area contributed by atoms with Gasteiger partial charge in [-0.2, -0.15) is 0 Å². The minimum atomic E-state index is 0.0939. The van der Waals surface area contributed by atoms with E-state index >= 15 is 0 Å². The van der Waals surface area contributed by atoms with Crippen molar-refractivity contribution >= 4 is 5.84 Å². The Kier molecular flexibility index (Phi) is 3.85. The molecule has 0 amide bonds. The van der Waals surface area contributed by atoms with Gasteiger partial charge in [0.15, 0.2) is 5.84 Å². The van der Waals surface area contributed by atoms with Crippen molar-refractivity contribution in [3.05, 3.63) is 29.8 Å². The van der Waals surface area contributed by atoms with Crippen LogP contribution in [0.1, 0.15) is 37.7 Å². The van der Waals surface area contributed by atoms with Crippen LogP contribution >= 0.6 is 0 Å². The Balaban J connectivity index is 2.14. The summed E-state index contributed by atoms with van der Waals surface area (Å²) in [4.78, 5) is 0. The van der Waals surface area contributed by atoms with E-state index in [4.69, 9.17) is 15.7 Å². The number of oxime groups is 1. The minimum Gasteiger partial charge on any atom is -0.490 e. The average molecular weight is 234 g/mol. The molecular weight excluding hydrogens is 216 g/mol. The zero-order valence-electron chi connectivity index (χ0n) is 9.80. The van der Waals surface area contributed by atoms with Crippen LogP contribution in [0.3, 0.4) is 0 Å². The lowest BCUT2D eigenvalue weighted by atomic mass is 9.97.